The predicted octanol–water partition coefficient (Wildman–Crippen LogP) is 4.31. The summed E-state index contributed by atoms with van der Waals surface area (Å²) in [6.45, 7) is 0. The zero-order valence-electron chi connectivity index (χ0n) is 13.9. The number of hydrogen-bond acceptors (Lipinski definition) is 4. The van der Waals surface area contributed by atoms with E-state index in [-0.39, 0.29) is 12.5 Å². The van der Waals surface area contributed by atoms with E-state index in [1.165, 1.54) is 17.7 Å². The van der Waals surface area contributed by atoms with Gasteiger partial charge in [0.25, 0.3) is 0 Å². The van der Waals surface area contributed by atoms with Gasteiger partial charge in [0.05, 0.1) is 11.6 Å². The number of alkyl halides is 3. The fourth-order valence-electron chi connectivity index (χ4n) is 2.57. The van der Waals surface area contributed by atoms with Gasteiger partial charge in [0.1, 0.15) is 0 Å². The molecule has 0 bridgehead atoms. The summed E-state index contributed by atoms with van der Waals surface area (Å²) in [6, 6.07) is 14.5. The fourth-order valence-corrected chi connectivity index (χ4v) is 2.57. The third-order valence-corrected chi connectivity index (χ3v) is 4.03. The van der Waals surface area contributed by atoms with E-state index >= 15 is 0 Å². The van der Waals surface area contributed by atoms with Crippen molar-refractivity contribution in [3.05, 3.63) is 83.0 Å². The van der Waals surface area contributed by atoms with Gasteiger partial charge in [-0.3, -0.25) is 0 Å². The van der Waals surface area contributed by atoms with Crippen LogP contribution in [0.2, 0.25) is 0 Å². The third kappa shape index (κ3) is 4.70. The second-order valence-corrected chi connectivity index (χ2v) is 6.05. The van der Waals surface area contributed by atoms with Gasteiger partial charge in [-0.05, 0) is 36.1 Å². The third-order valence-electron chi connectivity index (χ3n) is 4.03. The molecule has 1 heterocycles. The smallest absolute Gasteiger partial charge is 0.338 e. The van der Waals surface area contributed by atoms with Crippen molar-refractivity contribution < 1.29 is 17.7 Å². The van der Waals surface area contributed by atoms with Crippen molar-refractivity contribution in [3.8, 4) is 0 Å². The molecule has 26 heavy (non-hydrogen) atoms. The first-order valence-electron chi connectivity index (χ1n) is 8.20. The van der Waals surface area contributed by atoms with Crippen LogP contribution in [0, 0.1) is 0 Å². The van der Waals surface area contributed by atoms with E-state index in [1.807, 2.05) is 30.3 Å². The molecule has 2 aromatic carbocycles. The van der Waals surface area contributed by atoms with Gasteiger partial charge in [-0.2, -0.15) is 18.2 Å². The molecule has 0 unspecified atom stereocenters. The second-order valence-electron chi connectivity index (χ2n) is 6.05. The van der Waals surface area contributed by atoms with Crippen molar-refractivity contribution in [2.75, 3.05) is 0 Å². The molecule has 7 heteroatoms. The molecule has 0 spiro atoms. The standard InChI is InChI=1S/C19H18F3N3O/c20-19(21,22)15-9-6-14(7-10-15)12-17-24-18(26-25-17)16(23)11-8-13-4-2-1-3-5-13/h1-7,9-10,16H,8,11-12,23H2/t16-/m1/s1. The molecule has 136 valence electrons. The highest BCUT2D eigenvalue weighted by Crippen LogP contribution is 2.29. The number of benzene rings is 2. The Kier molecular flexibility index (Phi) is 5.37. The number of nitrogens with zero attached hydrogens (tertiary/aromatic N) is 2. The molecule has 0 aliphatic heterocycles. The van der Waals surface area contributed by atoms with Crippen molar-refractivity contribution in [2.24, 2.45) is 5.73 Å². The highest BCUT2D eigenvalue weighted by Gasteiger charge is 2.30. The van der Waals surface area contributed by atoms with E-state index < -0.39 is 11.7 Å². The minimum absolute atomic E-state index is 0.285. The molecular formula is C19H18F3N3O. The number of nitrogens with two attached hydrogens (primary N) is 1. The van der Waals surface area contributed by atoms with Crippen LogP contribution in [0.3, 0.4) is 0 Å². The summed E-state index contributed by atoms with van der Waals surface area (Å²) in [5.74, 6) is 0.734. The van der Waals surface area contributed by atoms with Crippen molar-refractivity contribution in [3.63, 3.8) is 0 Å². The SMILES string of the molecule is N[C@H](CCc1ccccc1)c1nc(Cc2ccc(C(F)(F)F)cc2)no1. The molecule has 1 atom stereocenters. The Labute approximate surface area is 148 Å². The summed E-state index contributed by atoms with van der Waals surface area (Å²) in [4.78, 5) is 4.26. The van der Waals surface area contributed by atoms with E-state index in [0.717, 1.165) is 18.6 Å². The maximum Gasteiger partial charge on any atom is 0.416 e. The summed E-state index contributed by atoms with van der Waals surface area (Å²) < 4.78 is 42.9. The lowest BCUT2D eigenvalue weighted by molar-refractivity contribution is -0.137. The van der Waals surface area contributed by atoms with Crippen molar-refractivity contribution in [1.82, 2.24) is 10.1 Å². The molecule has 0 saturated heterocycles. The van der Waals surface area contributed by atoms with Crippen molar-refractivity contribution >= 4 is 0 Å². The lowest BCUT2D eigenvalue weighted by Gasteiger charge is -2.07. The lowest BCUT2D eigenvalue weighted by Crippen LogP contribution is -2.12. The van der Waals surface area contributed by atoms with Crippen LogP contribution in [0.1, 0.15) is 40.9 Å². The van der Waals surface area contributed by atoms with Crippen molar-refractivity contribution in [2.45, 2.75) is 31.5 Å². The van der Waals surface area contributed by atoms with Crippen molar-refractivity contribution in [1.29, 1.82) is 0 Å². The summed E-state index contributed by atoms with van der Waals surface area (Å²) in [5.41, 5.74) is 7.26. The largest absolute Gasteiger partial charge is 0.416 e. The molecule has 0 fully saturated rings. The quantitative estimate of drug-likeness (QED) is 0.710. The van der Waals surface area contributed by atoms with Crippen LogP contribution in [0.4, 0.5) is 13.2 Å². The molecule has 0 radical (unpaired) electrons. The molecule has 3 rings (SSSR count). The number of aromatic nitrogens is 2. The topological polar surface area (TPSA) is 64.9 Å². The minimum atomic E-state index is -4.34. The zero-order chi connectivity index (χ0) is 18.6. The summed E-state index contributed by atoms with van der Waals surface area (Å²) in [7, 11) is 0. The van der Waals surface area contributed by atoms with Gasteiger partial charge in [-0.15, -0.1) is 0 Å². The normalized spacial score (nSPS) is 12.9. The van der Waals surface area contributed by atoms with Gasteiger partial charge in [0.2, 0.25) is 5.89 Å². The fraction of sp³-hybridized carbons (Fsp3) is 0.263. The van der Waals surface area contributed by atoms with E-state index in [9.17, 15) is 13.2 Å². The Morgan fingerprint density at radius 1 is 0.962 bits per heavy atom. The lowest BCUT2D eigenvalue weighted by atomic mass is 10.1. The Morgan fingerprint density at radius 2 is 1.65 bits per heavy atom. The average molecular weight is 361 g/mol. The van der Waals surface area contributed by atoms with E-state index in [1.54, 1.807) is 0 Å². The second kappa shape index (κ2) is 7.70. The number of halogens is 3. The van der Waals surface area contributed by atoms with Gasteiger partial charge < -0.3 is 10.3 Å². The Morgan fingerprint density at radius 3 is 2.31 bits per heavy atom. The van der Waals surface area contributed by atoms with Crippen LogP contribution in [-0.4, -0.2) is 10.1 Å². The predicted molar refractivity (Wildman–Crippen MR) is 90.2 cm³/mol. The van der Waals surface area contributed by atoms with Crippen LogP contribution in [0.15, 0.2) is 59.1 Å². The van der Waals surface area contributed by atoms with E-state index in [2.05, 4.69) is 10.1 Å². The molecule has 1 aromatic heterocycles. The Hall–Kier alpha value is -2.67. The van der Waals surface area contributed by atoms with Gasteiger partial charge in [-0.1, -0.05) is 47.6 Å². The highest BCUT2D eigenvalue weighted by molar-refractivity contribution is 5.26. The number of hydrogen-bond donors (Lipinski definition) is 1. The van der Waals surface area contributed by atoms with E-state index in [4.69, 9.17) is 10.3 Å². The first-order chi connectivity index (χ1) is 12.4. The van der Waals surface area contributed by atoms with Gasteiger partial charge >= 0.3 is 6.18 Å². The van der Waals surface area contributed by atoms with Gasteiger partial charge in [0, 0.05) is 6.42 Å². The van der Waals surface area contributed by atoms with Crippen LogP contribution in [0.25, 0.3) is 0 Å². The minimum Gasteiger partial charge on any atom is -0.338 e. The summed E-state index contributed by atoms with van der Waals surface area (Å²) >= 11 is 0. The van der Waals surface area contributed by atoms with Crippen LogP contribution >= 0.6 is 0 Å². The highest BCUT2D eigenvalue weighted by atomic mass is 19.4. The molecule has 2 N–H and O–H groups in total. The Balaban J connectivity index is 1.59. The molecule has 0 aliphatic carbocycles. The van der Waals surface area contributed by atoms with Gasteiger partial charge in [-0.25, -0.2) is 0 Å². The average Bonchev–Trinajstić information content (AvgIpc) is 3.09. The summed E-state index contributed by atoms with van der Waals surface area (Å²) in [6.07, 6.45) is -2.61. The maximum absolute atomic E-state index is 12.6. The van der Waals surface area contributed by atoms with Crippen LogP contribution in [0.5, 0.6) is 0 Å². The molecule has 0 aliphatic rings. The maximum atomic E-state index is 12.6. The van der Waals surface area contributed by atoms with E-state index in [0.29, 0.717) is 23.7 Å². The van der Waals surface area contributed by atoms with Crippen LogP contribution in [-0.2, 0) is 19.0 Å². The molecule has 4 nitrogen and oxygen atoms in total. The number of rotatable bonds is 6. The first kappa shape index (κ1) is 18.1. The molecule has 0 saturated carbocycles. The number of aryl methyl sites for hydroxylation is 1. The summed E-state index contributed by atoms with van der Waals surface area (Å²) in [5, 5.41) is 3.87. The Bertz CT molecular complexity index is 829. The van der Waals surface area contributed by atoms with Crippen LogP contribution < -0.4 is 5.73 Å². The monoisotopic (exact) mass is 361 g/mol. The molecular weight excluding hydrogens is 343 g/mol. The van der Waals surface area contributed by atoms with Gasteiger partial charge in [0.15, 0.2) is 5.82 Å². The zero-order valence-corrected chi connectivity index (χ0v) is 13.9. The molecule has 0 amide bonds. The first-order valence-corrected chi connectivity index (χ1v) is 8.20. The molecule has 3 aromatic rings.